The zero-order valence-corrected chi connectivity index (χ0v) is 11.7. The number of hydrogen-bond donors (Lipinski definition) is 0. The summed E-state index contributed by atoms with van der Waals surface area (Å²) in [5.74, 6) is 0. The van der Waals surface area contributed by atoms with Crippen molar-refractivity contribution in [2.24, 2.45) is 14.1 Å². The van der Waals surface area contributed by atoms with Crippen LogP contribution in [0.1, 0.15) is 0 Å². The Balaban J connectivity index is 2.57. The van der Waals surface area contributed by atoms with Crippen LogP contribution in [-0.4, -0.2) is 13.5 Å². The molecule has 0 N–H and O–H groups in total. The highest BCUT2D eigenvalue weighted by Gasteiger charge is 2.15. The molecule has 104 valence electrons. The molecule has 0 saturated carbocycles. The van der Waals surface area contributed by atoms with Gasteiger partial charge in [-0.1, -0.05) is 18.2 Å². The smallest absolute Gasteiger partial charge is 0.314 e. The third kappa shape index (κ3) is 1.35. The third-order valence-corrected chi connectivity index (χ3v) is 4.09. The predicted octanol–water partition coefficient (Wildman–Crippen LogP) is 1.64. The second-order valence-electron chi connectivity index (χ2n) is 5.21. The molecule has 0 aliphatic rings. The Bertz CT molecular complexity index is 1150. The van der Waals surface area contributed by atoms with Gasteiger partial charge in [0, 0.05) is 25.7 Å². The minimum Gasteiger partial charge on any atom is -0.314 e. The third-order valence-electron chi connectivity index (χ3n) is 4.09. The van der Waals surface area contributed by atoms with Crippen LogP contribution in [0.4, 0.5) is 0 Å². The summed E-state index contributed by atoms with van der Waals surface area (Å²) in [5.41, 5.74) is 1.92. The van der Waals surface area contributed by atoms with E-state index in [2.05, 4.69) is 0 Å². The first-order chi connectivity index (χ1) is 10.1. The second kappa shape index (κ2) is 3.85. The average molecular weight is 279 g/mol. The van der Waals surface area contributed by atoms with Crippen molar-refractivity contribution in [3.8, 4) is 0 Å². The highest BCUT2D eigenvalue weighted by molar-refractivity contribution is 6.10. The van der Waals surface area contributed by atoms with E-state index in [0.29, 0.717) is 10.9 Å². The molecule has 0 bridgehead atoms. The number of para-hydroxylation sites is 1. The van der Waals surface area contributed by atoms with Crippen LogP contribution in [0.3, 0.4) is 0 Å². The standard InChI is InChI=1S/C16H13N3O2/c1-17-14-12-8-5-9-19(12)11-7-4-3-6-10(11)13(14)15(20)18(2)16(17)21/h3-9H,1-2H3. The summed E-state index contributed by atoms with van der Waals surface area (Å²) >= 11 is 0. The fourth-order valence-corrected chi connectivity index (χ4v) is 3.07. The molecule has 0 atom stereocenters. The highest BCUT2D eigenvalue weighted by Crippen LogP contribution is 2.26. The van der Waals surface area contributed by atoms with Gasteiger partial charge in [-0.25, -0.2) is 4.79 Å². The zero-order valence-electron chi connectivity index (χ0n) is 11.7. The Kier molecular flexibility index (Phi) is 2.19. The van der Waals surface area contributed by atoms with Gasteiger partial charge >= 0.3 is 5.69 Å². The van der Waals surface area contributed by atoms with E-state index in [1.807, 2.05) is 47.0 Å². The summed E-state index contributed by atoms with van der Waals surface area (Å²) in [6.07, 6.45) is 1.94. The molecule has 0 aliphatic carbocycles. The molecule has 0 fully saturated rings. The molecule has 3 aromatic heterocycles. The van der Waals surface area contributed by atoms with E-state index in [1.165, 1.54) is 7.05 Å². The zero-order chi connectivity index (χ0) is 14.7. The Morgan fingerprint density at radius 1 is 0.857 bits per heavy atom. The van der Waals surface area contributed by atoms with Gasteiger partial charge in [0.2, 0.25) is 0 Å². The number of aryl methyl sites for hydroxylation is 1. The molecule has 3 heterocycles. The van der Waals surface area contributed by atoms with Gasteiger partial charge in [-0.2, -0.15) is 0 Å². The molecule has 4 aromatic rings. The molecule has 0 spiro atoms. The largest absolute Gasteiger partial charge is 0.331 e. The van der Waals surface area contributed by atoms with Crippen molar-refractivity contribution < 1.29 is 0 Å². The maximum absolute atomic E-state index is 12.6. The van der Waals surface area contributed by atoms with Gasteiger partial charge in [0.15, 0.2) is 0 Å². The Hall–Kier alpha value is -2.82. The molecular weight excluding hydrogens is 266 g/mol. The number of hydrogen-bond acceptors (Lipinski definition) is 2. The van der Waals surface area contributed by atoms with Crippen molar-refractivity contribution in [1.82, 2.24) is 13.5 Å². The minimum atomic E-state index is -0.314. The number of benzene rings is 1. The molecule has 1 aromatic carbocycles. The van der Waals surface area contributed by atoms with E-state index in [9.17, 15) is 9.59 Å². The maximum Gasteiger partial charge on any atom is 0.331 e. The molecule has 0 unspecified atom stereocenters. The van der Waals surface area contributed by atoms with Crippen molar-refractivity contribution in [1.29, 1.82) is 0 Å². The second-order valence-corrected chi connectivity index (χ2v) is 5.21. The number of aromatic nitrogens is 3. The van der Waals surface area contributed by atoms with Gasteiger partial charge in [0.05, 0.1) is 21.9 Å². The minimum absolute atomic E-state index is 0.256. The lowest BCUT2D eigenvalue weighted by Crippen LogP contribution is -2.37. The molecular formula is C16H13N3O2. The lowest BCUT2D eigenvalue weighted by molar-refractivity contribution is 0.715. The quantitative estimate of drug-likeness (QED) is 0.459. The summed E-state index contributed by atoms with van der Waals surface area (Å²) in [7, 11) is 3.22. The monoisotopic (exact) mass is 279 g/mol. The first-order valence-corrected chi connectivity index (χ1v) is 6.69. The Morgan fingerprint density at radius 3 is 2.38 bits per heavy atom. The highest BCUT2D eigenvalue weighted by atomic mass is 16.2. The first kappa shape index (κ1) is 12.0. The van der Waals surface area contributed by atoms with E-state index in [0.717, 1.165) is 21.0 Å². The molecule has 0 aliphatic heterocycles. The summed E-state index contributed by atoms with van der Waals surface area (Å²) < 4.78 is 4.71. The SMILES string of the molecule is Cn1c(=O)c2c3ccccc3n3cccc3c2n(C)c1=O. The molecule has 5 nitrogen and oxygen atoms in total. The number of pyridine rings is 1. The van der Waals surface area contributed by atoms with E-state index in [-0.39, 0.29) is 11.2 Å². The van der Waals surface area contributed by atoms with E-state index < -0.39 is 0 Å². The van der Waals surface area contributed by atoms with Crippen LogP contribution in [0.25, 0.3) is 27.3 Å². The molecule has 0 radical (unpaired) electrons. The van der Waals surface area contributed by atoms with Crippen LogP contribution in [0.5, 0.6) is 0 Å². The fourth-order valence-electron chi connectivity index (χ4n) is 3.07. The van der Waals surface area contributed by atoms with Crippen molar-refractivity contribution in [3.05, 3.63) is 63.4 Å². The number of nitrogens with zero attached hydrogens (tertiary/aromatic N) is 3. The summed E-state index contributed by atoms with van der Waals surface area (Å²) in [6, 6.07) is 11.6. The molecule has 0 saturated heterocycles. The van der Waals surface area contributed by atoms with E-state index >= 15 is 0 Å². The first-order valence-electron chi connectivity index (χ1n) is 6.69. The van der Waals surface area contributed by atoms with E-state index in [1.54, 1.807) is 11.6 Å². The van der Waals surface area contributed by atoms with Crippen LogP contribution in [-0.2, 0) is 14.1 Å². The molecule has 21 heavy (non-hydrogen) atoms. The topological polar surface area (TPSA) is 48.4 Å². The molecule has 5 heteroatoms. The Labute approximate surface area is 119 Å². The summed E-state index contributed by atoms with van der Waals surface area (Å²) in [6.45, 7) is 0. The van der Waals surface area contributed by atoms with Crippen LogP contribution in [0.2, 0.25) is 0 Å². The predicted molar refractivity (Wildman–Crippen MR) is 82.9 cm³/mol. The van der Waals surface area contributed by atoms with Crippen LogP contribution in [0, 0.1) is 0 Å². The van der Waals surface area contributed by atoms with Crippen molar-refractivity contribution in [2.45, 2.75) is 0 Å². The molecule has 0 amide bonds. The van der Waals surface area contributed by atoms with Crippen molar-refractivity contribution in [2.75, 3.05) is 0 Å². The number of rotatable bonds is 0. The average Bonchev–Trinajstić information content (AvgIpc) is 2.99. The van der Waals surface area contributed by atoms with Gasteiger partial charge in [-0.3, -0.25) is 13.9 Å². The van der Waals surface area contributed by atoms with E-state index in [4.69, 9.17) is 0 Å². The fraction of sp³-hybridized carbons (Fsp3) is 0.125. The number of fused-ring (bicyclic) bond motifs is 6. The van der Waals surface area contributed by atoms with Crippen molar-refractivity contribution in [3.63, 3.8) is 0 Å². The summed E-state index contributed by atoms with van der Waals surface area (Å²) in [5, 5.41) is 1.44. The summed E-state index contributed by atoms with van der Waals surface area (Å²) in [4.78, 5) is 24.8. The maximum atomic E-state index is 12.6. The van der Waals surface area contributed by atoms with Gasteiger partial charge in [0.1, 0.15) is 0 Å². The molecule has 4 rings (SSSR count). The van der Waals surface area contributed by atoms with Crippen LogP contribution in [0.15, 0.2) is 52.2 Å². The van der Waals surface area contributed by atoms with Gasteiger partial charge in [-0.05, 0) is 18.2 Å². The van der Waals surface area contributed by atoms with Crippen molar-refractivity contribution >= 4 is 27.3 Å². The van der Waals surface area contributed by atoms with Crippen LogP contribution >= 0.6 is 0 Å². The lowest BCUT2D eigenvalue weighted by atomic mass is 10.1. The Morgan fingerprint density at radius 2 is 1.57 bits per heavy atom. The van der Waals surface area contributed by atoms with Gasteiger partial charge < -0.3 is 4.40 Å². The normalized spacial score (nSPS) is 11.7. The van der Waals surface area contributed by atoms with Gasteiger partial charge in [-0.15, -0.1) is 0 Å². The van der Waals surface area contributed by atoms with Crippen LogP contribution < -0.4 is 11.2 Å². The lowest BCUT2D eigenvalue weighted by Gasteiger charge is -2.12. The van der Waals surface area contributed by atoms with Gasteiger partial charge in [0.25, 0.3) is 5.56 Å².